The Bertz CT molecular complexity index is 837. The van der Waals surface area contributed by atoms with Crippen LogP contribution < -0.4 is 0 Å². The fraction of sp³-hybridized carbons (Fsp3) is 0.133. The molecular weight excluding hydrogens is 254 g/mol. The largest absolute Gasteiger partial charge is 0.341 e. The van der Waals surface area contributed by atoms with Gasteiger partial charge < -0.3 is 4.57 Å². The molecule has 19 heavy (non-hydrogen) atoms. The third kappa shape index (κ3) is 1.76. The summed E-state index contributed by atoms with van der Waals surface area (Å²) < 4.78 is 4.33. The number of aryl methyl sites for hydroxylation is 1. The van der Waals surface area contributed by atoms with Crippen LogP contribution in [0.4, 0.5) is 0 Å². The Morgan fingerprint density at radius 3 is 3.05 bits per heavy atom. The van der Waals surface area contributed by atoms with Gasteiger partial charge in [0.1, 0.15) is 0 Å². The molecule has 4 rings (SSSR count). The Hall–Kier alpha value is -2.07. The molecule has 0 aliphatic carbocycles. The lowest BCUT2D eigenvalue weighted by Gasteiger charge is -2.03. The third-order valence-corrected chi connectivity index (χ3v) is 4.17. The fourth-order valence-corrected chi connectivity index (χ4v) is 3.20. The van der Waals surface area contributed by atoms with Crippen molar-refractivity contribution < 1.29 is 0 Å². The molecule has 0 radical (unpaired) electrons. The molecule has 0 unspecified atom stereocenters. The molecule has 4 heteroatoms. The van der Waals surface area contributed by atoms with E-state index in [2.05, 4.69) is 62.9 Å². The zero-order valence-electron chi connectivity index (χ0n) is 10.6. The van der Waals surface area contributed by atoms with Crippen LogP contribution in [-0.2, 0) is 6.54 Å². The SMILES string of the molecule is Cc1ccc2c(ccn2Cc2cn3ccsc3n2)c1. The van der Waals surface area contributed by atoms with E-state index in [1.165, 1.54) is 16.5 Å². The van der Waals surface area contributed by atoms with Gasteiger partial charge in [-0.1, -0.05) is 11.6 Å². The minimum absolute atomic E-state index is 0.820. The van der Waals surface area contributed by atoms with E-state index in [-0.39, 0.29) is 0 Å². The molecule has 3 nitrogen and oxygen atoms in total. The first-order valence-electron chi connectivity index (χ1n) is 6.26. The highest BCUT2D eigenvalue weighted by Gasteiger charge is 2.06. The normalized spacial score (nSPS) is 11.6. The van der Waals surface area contributed by atoms with Gasteiger partial charge in [0.15, 0.2) is 4.96 Å². The lowest BCUT2D eigenvalue weighted by atomic mass is 10.2. The smallest absolute Gasteiger partial charge is 0.193 e. The molecular formula is C15H13N3S. The summed E-state index contributed by atoms with van der Waals surface area (Å²) in [6.07, 6.45) is 6.29. The van der Waals surface area contributed by atoms with E-state index < -0.39 is 0 Å². The predicted octanol–water partition coefficient (Wildman–Crippen LogP) is 3.71. The molecule has 0 N–H and O–H groups in total. The van der Waals surface area contributed by atoms with Crippen LogP contribution in [-0.4, -0.2) is 14.0 Å². The number of benzene rings is 1. The first-order valence-corrected chi connectivity index (χ1v) is 7.14. The highest BCUT2D eigenvalue weighted by molar-refractivity contribution is 7.15. The number of thiazole rings is 1. The lowest BCUT2D eigenvalue weighted by molar-refractivity contribution is 0.815. The van der Waals surface area contributed by atoms with Gasteiger partial charge in [0.2, 0.25) is 0 Å². The summed E-state index contributed by atoms with van der Waals surface area (Å²) in [5.41, 5.74) is 3.67. The van der Waals surface area contributed by atoms with E-state index in [1.807, 2.05) is 6.20 Å². The lowest BCUT2D eigenvalue weighted by Crippen LogP contribution is -1.97. The zero-order valence-corrected chi connectivity index (χ0v) is 11.4. The number of imidazole rings is 1. The number of rotatable bonds is 2. The molecule has 4 aromatic rings. The van der Waals surface area contributed by atoms with Crippen molar-refractivity contribution in [1.82, 2.24) is 14.0 Å². The Labute approximate surface area is 114 Å². The van der Waals surface area contributed by atoms with Crippen molar-refractivity contribution in [3.63, 3.8) is 0 Å². The van der Waals surface area contributed by atoms with E-state index in [1.54, 1.807) is 11.3 Å². The number of nitrogens with zero attached hydrogens (tertiary/aromatic N) is 3. The summed E-state index contributed by atoms with van der Waals surface area (Å²) >= 11 is 1.67. The van der Waals surface area contributed by atoms with Crippen molar-refractivity contribution in [2.24, 2.45) is 0 Å². The fourth-order valence-electron chi connectivity index (χ4n) is 2.48. The zero-order chi connectivity index (χ0) is 12.8. The minimum Gasteiger partial charge on any atom is -0.341 e. The van der Waals surface area contributed by atoms with Crippen LogP contribution in [0.15, 0.2) is 48.2 Å². The van der Waals surface area contributed by atoms with Crippen molar-refractivity contribution in [3.05, 3.63) is 59.5 Å². The summed E-state index contributed by atoms with van der Waals surface area (Å²) in [4.78, 5) is 5.69. The van der Waals surface area contributed by atoms with Crippen LogP contribution in [0, 0.1) is 6.92 Å². The van der Waals surface area contributed by atoms with E-state index >= 15 is 0 Å². The van der Waals surface area contributed by atoms with Crippen molar-refractivity contribution in [1.29, 1.82) is 0 Å². The Morgan fingerprint density at radius 1 is 1.21 bits per heavy atom. The van der Waals surface area contributed by atoms with Crippen LogP contribution in [0.25, 0.3) is 15.9 Å². The average Bonchev–Trinajstić information content (AvgIpc) is 3.04. The third-order valence-electron chi connectivity index (χ3n) is 3.40. The molecule has 0 aliphatic rings. The monoisotopic (exact) mass is 267 g/mol. The van der Waals surface area contributed by atoms with Crippen LogP contribution >= 0.6 is 11.3 Å². The second-order valence-corrected chi connectivity index (χ2v) is 5.70. The summed E-state index contributed by atoms with van der Waals surface area (Å²) in [7, 11) is 0. The van der Waals surface area contributed by atoms with E-state index in [0.29, 0.717) is 0 Å². The van der Waals surface area contributed by atoms with Crippen molar-refractivity contribution in [2.75, 3.05) is 0 Å². The summed E-state index contributed by atoms with van der Waals surface area (Å²) in [6, 6.07) is 8.73. The van der Waals surface area contributed by atoms with Gasteiger partial charge in [-0.15, -0.1) is 11.3 Å². The van der Waals surface area contributed by atoms with Crippen LogP contribution in [0.1, 0.15) is 11.3 Å². The molecule has 94 valence electrons. The molecule has 3 heterocycles. The quantitative estimate of drug-likeness (QED) is 0.543. The molecule has 0 aliphatic heterocycles. The summed E-state index contributed by atoms with van der Waals surface area (Å²) in [5.74, 6) is 0. The maximum atomic E-state index is 4.63. The molecule has 0 bridgehead atoms. The molecule has 3 aromatic heterocycles. The average molecular weight is 267 g/mol. The number of aromatic nitrogens is 3. The summed E-state index contributed by atoms with van der Waals surface area (Å²) in [5, 5.41) is 3.35. The van der Waals surface area contributed by atoms with Crippen LogP contribution in [0.5, 0.6) is 0 Å². The van der Waals surface area contributed by atoms with Gasteiger partial charge in [0, 0.05) is 29.5 Å². The van der Waals surface area contributed by atoms with Gasteiger partial charge in [0.25, 0.3) is 0 Å². The molecule has 0 fully saturated rings. The first-order chi connectivity index (χ1) is 9.29. The highest BCUT2D eigenvalue weighted by atomic mass is 32.1. The number of hydrogen-bond donors (Lipinski definition) is 0. The van der Waals surface area contributed by atoms with E-state index in [0.717, 1.165) is 17.2 Å². The van der Waals surface area contributed by atoms with Crippen LogP contribution in [0.3, 0.4) is 0 Å². The second kappa shape index (κ2) is 3.96. The van der Waals surface area contributed by atoms with Gasteiger partial charge in [-0.3, -0.25) is 4.40 Å². The molecule has 0 amide bonds. The van der Waals surface area contributed by atoms with Crippen molar-refractivity contribution >= 4 is 27.2 Å². The first kappa shape index (κ1) is 10.8. The predicted molar refractivity (Wildman–Crippen MR) is 78.8 cm³/mol. The molecule has 1 aromatic carbocycles. The van der Waals surface area contributed by atoms with Gasteiger partial charge >= 0.3 is 0 Å². The highest BCUT2D eigenvalue weighted by Crippen LogP contribution is 2.19. The molecule has 0 saturated carbocycles. The minimum atomic E-state index is 0.820. The number of hydrogen-bond acceptors (Lipinski definition) is 2. The molecule has 0 spiro atoms. The topological polar surface area (TPSA) is 22.2 Å². The standard InChI is InChI=1S/C15H13N3S/c1-11-2-3-14-12(8-11)4-5-17(14)9-13-10-18-6-7-19-15(18)16-13/h2-8,10H,9H2,1H3. The maximum absolute atomic E-state index is 4.63. The van der Waals surface area contributed by atoms with Crippen molar-refractivity contribution in [2.45, 2.75) is 13.5 Å². The Kier molecular flexibility index (Phi) is 2.26. The molecule has 0 saturated heterocycles. The maximum Gasteiger partial charge on any atom is 0.193 e. The van der Waals surface area contributed by atoms with Crippen LogP contribution in [0.2, 0.25) is 0 Å². The van der Waals surface area contributed by atoms with Gasteiger partial charge in [-0.2, -0.15) is 0 Å². The van der Waals surface area contributed by atoms with Gasteiger partial charge in [0.05, 0.1) is 12.2 Å². The van der Waals surface area contributed by atoms with Gasteiger partial charge in [-0.05, 0) is 30.5 Å². The second-order valence-electron chi connectivity index (χ2n) is 4.83. The molecule has 0 atom stereocenters. The summed E-state index contributed by atoms with van der Waals surface area (Å²) in [6.45, 7) is 2.95. The Morgan fingerprint density at radius 2 is 2.16 bits per heavy atom. The Balaban J connectivity index is 1.76. The van der Waals surface area contributed by atoms with Crippen molar-refractivity contribution in [3.8, 4) is 0 Å². The number of fused-ring (bicyclic) bond motifs is 2. The van der Waals surface area contributed by atoms with E-state index in [9.17, 15) is 0 Å². The van der Waals surface area contributed by atoms with Gasteiger partial charge in [-0.25, -0.2) is 4.98 Å². The van der Waals surface area contributed by atoms with E-state index in [4.69, 9.17) is 0 Å².